The topological polar surface area (TPSA) is 132 Å². The van der Waals surface area contributed by atoms with E-state index >= 15 is 0 Å². The van der Waals surface area contributed by atoms with Crippen molar-refractivity contribution in [3.63, 3.8) is 0 Å². The SMILES string of the molecule is CCCCCCCCCCCCCCNC(=O)C(CN)(CCCNC(=O)OC(C)(C)C)CCCNC(=O)OC(C)(C)C. The lowest BCUT2D eigenvalue weighted by molar-refractivity contribution is -0.131. The van der Waals surface area contributed by atoms with Crippen LogP contribution in [0.1, 0.15) is 151 Å². The number of alkyl carbamates (subject to hydrolysis) is 2. The van der Waals surface area contributed by atoms with Crippen molar-refractivity contribution in [2.24, 2.45) is 11.1 Å². The number of hydrogen-bond acceptors (Lipinski definition) is 6. The lowest BCUT2D eigenvalue weighted by Crippen LogP contribution is -2.47. The van der Waals surface area contributed by atoms with Crippen LogP contribution in [-0.2, 0) is 14.3 Å². The number of carbonyl (C=O) groups is 3. The van der Waals surface area contributed by atoms with Gasteiger partial charge in [0.1, 0.15) is 11.2 Å². The molecule has 5 N–H and O–H groups in total. The molecule has 0 radical (unpaired) electrons. The van der Waals surface area contributed by atoms with E-state index in [4.69, 9.17) is 15.2 Å². The van der Waals surface area contributed by atoms with Gasteiger partial charge in [-0.25, -0.2) is 9.59 Å². The molecule has 0 rings (SSSR count). The summed E-state index contributed by atoms with van der Waals surface area (Å²) in [4.78, 5) is 37.5. The van der Waals surface area contributed by atoms with Crippen molar-refractivity contribution in [1.29, 1.82) is 0 Å². The van der Waals surface area contributed by atoms with Crippen LogP contribution in [0, 0.1) is 5.41 Å². The highest BCUT2D eigenvalue weighted by Gasteiger charge is 2.36. The number of nitrogens with two attached hydrogens (primary N) is 1. The minimum absolute atomic E-state index is 0.0531. The fourth-order valence-electron chi connectivity index (χ4n) is 4.87. The molecule has 0 atom stereocenters. The Morgan fingerprint density at radius 1 is 0.548 bits per heavy atom. The van der Waals surface area contributed by atoms with Gasteiger partial charge in [0.15, 0.2) is 0 Å². The zero-order valence-corrected chi connectivity index (χ0v) is 28.3. The largest absolute Gasteiger partial charge is 0.444 e. The molecule has 0 aromatic rings. The van der Waals surface area contributed by atoms with E-state index in [1.807, 2.05) is 41.5 Å². The average molecular weight is 599 g/mol. The first-order chi connectivity index (χ1) is 19.7. The van der Waals surface area contributed by atoms with Gasteiger partial charge >= 0.3 is 12.2 Å². The predicted octanol–water partition coefficient (Wildman–Crippen LogP) is 7.36. The maximum atomic E-state index is 13.4. The molecule has 0 unspecified atom stereocenters. The normalized spacial score (nSPS) is 12.1. The molecule has 0 aromatic heterocycles. The molecule has 0 heterocycles. The van der Waals surface area contributed by atoms with Crippen LogP contribution < -0.4 is 21.7 Å². The average Bonchev–Trinajstić information content (AvgIpc) is 2.88. The third-order valence-electron chi connectivity index (χ3n) is 7.19. The number of carbonyl (C=O) groups excluding carboxylic acids is 3. The summed E-state index contributed by atoms with van der Waals surface area (Å²) >= 11 is 0. The first-order valence-corrected chi connectivity index (χ1v) is 16.7. The fourth-order valence-corrected chi connectivity index (χ4v) is 4.87. The van der Waals surface area contributed by atoms with Gasteiger partial charge in [0.2, 0.25) is 5.91 Å². The number of unbranched alkanes of at least 4 members (excludes halogenated alkanes) is 11. The fraction of sp³-hybridized carbons (Fsp3) is 0.909. The molecule has 0 saturated heterocycles. The Balaban J connectivity index is 4.64. The molecular formula is C33H66N4O5. The standard InChI is InChI=1S/C33H66N4O5/c1-8-9-10-11-12-13-14-15-16-17-18-19-24-35-28(38)33(27-34,22-20-25-36-29(39)41-31(2,3)4)23-21-26-37-30(40)42-32(5,6)7/h8-27,34H2,1-7H3,(H,35,38)(H,36,39)(H,37,40). The Kier molecular flexibility index (Phi) is 21.4. The van der Waals surface area contributed by atoms with Crippen molar-refractivity contribution in [1.82, 2.24) is 16.0 Å². The Morgan fingerprint density at radius 2 is 0.905 bits per heavy atom. The zero-order chi connectivity index (χ0) is 31.9. The van der Waals surface area contributed by atoms with Gasteiger partial charge in [-0.1, -0.05) is 77.6 Å². The third kappa shape index (κ3) is 22.6. The summed E-state index contributed by atoms with van der Waals surface area (Å²) in [7, 11) is 0. The maximum absolute atomic E-state index is 13.4. The molecule has 0 aliphatic rings. The van der Waals surface area contributed by atoms with Crippen LogP contribution in [0.4, 0.5) is 9.59 Å². The third-order valence-corrected chi connectivity index (χ3v) is 7.19. The summed E-state index contributed by atoms with van der Waals surface area (Å²) in [6.45, 7) is 14.8. The summed E-state index contributed by atoms with van der Waals surface area (Å²) < 4.78 is 10.6. The van der Waals surface area contributed by atoms with Crippen LogP contribution in [0.3, 0.4) is 0 Å². The molecule has 0 aromatic carbocycles. The van der Waals surface area contributed by atoms with Gasteiger partial charge in [0, 0.05) is 26.2 Å². The monoisotopic (exact) mass is 599 g/mol. The number of hydrogen-bond donors (Lipinski definition) is 4. The van der Waals surface area contributed by atoms with Crippen molar-refractivity contribution in [3.8, 4) is 0 Å². The van der Waals surface area contributed by atoms with Gasteiger partial charge in [0.25, 0.3) is 0 Å². The van der Waals surface area contributed by atoms with Crippen LogP contribution in [0.5, 0.6) is 0 Å². The molecule has 0 spiro atoms. The number of amides is 3. The van der Waals surface area contributed by atoms with Crippen LogP contribution in [-0.4, -0.2) is 55.5 Å². The minimum Gasteiger partial charge on any atom is -0.444 e. The quantitative estimate of drug-likeness (QED) is 0.0909. The van der Waals surface area contributed by atoms with Crippen molar-refractivity contribution >= 4 is 18.1 Å². The van der Waals surface area contributed by atoms with E-state index in [1.54, 1.807) is 0 Å². The lowest BCUT2D eigenvalue weighted by atomic mass is 9.78. The van der Waals surface area contributed by atoms with Crippen LogP contribution in [0.2, 0.25) is 0 Å². The van der Waals surface area contributed by atoms with Crippen molar-refractivity contribution in [3.05, 3.63) is 0 Å². The molecule has 9 nitrogen and oxygen atoms in total. The van der Waals surface area contributed by atoms with E-state index in [-0.39, 0.29) is 12.5 Å². The van der Waals surface area contributed by atoms with Crippen molar-refractivity contribution in [2.75, 3.05) is 26.2 Å². The van der Waals surface area contributed by atoms with Crippen molar-refractivity contribution in [2.45, 2.75) is 162 Å². The molecule has 42 heavy (non-hydrogen) atoms. The highest BCUT2D eigenvalue weighted by Crippen LogP contribution is 2.29. The Labute approximate surface area is 257 Å². The second-order valence-electron chi connectivity index (χ2n) is 13.7. The highest BCUT2D eigenvalue weighted by atomic mass is 16.6. The summed E-state index contributed by atoms with van der Waals surface area (Å²) in [6.07, 6.45) is 16.5. The van der Waals surface area contributed by atoms with Crippen molar-refractivity contribution < 1.29 is 23.9 Å². The molecule has 0 saturated carbocycles. The van der Waals surface area contributed by atoms with Crippen LogP contribution in [0.25, 0.3) is 0 Å². The van der Waals surface area contributed by atoms with E-state index in [9.17, 15) is 14.4 Å². The molecule has 0 aliphatic carbocycles. The van der Waals surface area contributed by atoms with Gasteiger partial charge in [0.05, 0.1) is 5.41 Å². The highest BCUT2D eigenvalue weighted by molar-refractivity contribution is 5.82. The van der Waals surface area contributed by atoms with E-state index in [2.05, 4.69) is 22.9 Å². The summed E-state index contributed by atoms with van der Waals surface area (Å²) in [5, 5.41) is 8.66. The smallest absolute Gasteiger partial charge is 0.407 e. The Hall–Kier alpha value is -2.03. The van der Waals surface area contributed by atoms with Crippen LogP contribution >= 0.6 is 0 Å². The maximum Gasteiger partial charge on any atom is 0.407 e. The second kappa shape index (κ2) is 22.5. The van der Waals surface area contributed by atoms with Gasteiger partial charge in [-0.15, -0.1) is 0 Å². The summed E-state index contributed by atoms with van der Waals surface area (Å²) in [6, 6.07) is 0. The van der Waals surface area contributed by atoms with Gasteiger partial charge in [-0.05, 0) is 73.6 Å². The Bertz CT molecular complexity index is 695. The van der Waals surface area contributed by atoms with Gasteiger partial charge in [-0.2, -0.15) is 0 Å². The molecule has 0 aliphatic heterocycles. The summed E-state index contributed by atoms with van der Waals surface area (Å²) in [5.41, 5.74) is 4.30. The van der Waals surface area contributed by atoms with E-state index in [0.717, 1.165) is 12.8 Å². The molecule has 248 valence electrons. The first kappa shape index (κ1) is 40.0. The number of rotatable bonds is 23. The Morgan fingerprint density at radius 3 is 1.26 bits per heavy atom. The minimum atomic E-state index is -0.775. The van der Waals surface area contributed by atoms with E-state index in [0.29, 0.717) is 45.3 Å². The molecule has 0 fully saturated rings. The van der Waals surface area contributed by atoms with Gasteiger partial charge in [-0.3, -0.25) is 4.79 Å². The molecule has 0 bridgehead atoms. The molecule has 3 amide bonds. The van der Waals surface area contributed by atoms with Crippen LogP contribution in [0.15, 0.2) is 0 Å². The predicted molar refractivity (Wildman–Crippen MR) is 173 cm³/mol. The van der Waals surface area contributed by atoms with E-state index < -0.39 is 28.8 Å². The second-order valence-corrected chi connectivity index (χ2v) is 13.7. The summed E-state index contributed by atoms with van der Waals surface area (Å²) in [5.74, 6) is -0.0531. The lowest BCUT2D eigenvalue weighted by Gasteiger charge is -2.32. The number of nitrogens with one attached hydrogen (secondary N) is 3. The molecular weight excluding hydrogens is 532 g/mol. The molecule has 9 heteroatoms. The number of ether oxygens (including phenoxy) is 2. The van der Waals surface area contributed by atoms with E-state index in [1.165, 1.54) is 64.2 Å². The zero-order valence-electron chi connectivity index (χ0n) is 28.3. The first-order valence-electron chi connectivity index (χ1n) is 16.7. The van der Waals surface area contributed by atoms with Gasteiger partial charge < -0.3 is 31.2 Å².